The van der Waals surface area contributed by atoms with Gasteiger partial charge in [-0.3, -0.25) is 4.57 Å². The van der Waals surface area contributed by atoms with Gasteiger partial charge in [-0.05, 0) is 70.8 Å². The van der Waals surface area contributed by atoms with Crippen molar-refractivity contribution < 1.29 is 9.47 Å². The van der Waals surface area contributed by atoms with Crippen molar-refractivity contribution in [3.05, 3.63) is 34.9 Å². The molecule has 162 valence electrons. The van der Waals surface area contributed by atoms with Gasteiger partial charge < -0.3 is 25.4 Å². The lowest BCUT2D eigenvalue weighted by molar-refractivity contribution is 0.271. The van der Waals surface area contributed by atoms with Crippen LogP contribution in [0.4, 0.5) is 11.5 Å². The fourth-order valence-corrected chi connectivity index (χ4v) is 4.18. The molecule has 1 aromatic carbocycles. The summed E-state index contributed by atoms with van der Waals surface area (Å²) in [4.78, 5) is 19.1. The molecule has 1 aromatic heterocycles. The molecule has 2 aliphatic rings. The van der Waals surface area contributed by atoms with Gasteiger partial charge in [0.1, 0.15) is 11.4 Å². The van der Waals surface area contributed by atoms with Gasteiger partial charge >= 0.3 is 5.69 Å². The maximum Gasteiger partial charge on any atom is 0.350 e. The minimum atomic E-state index is -0.256. The van der Waals surface area contributed by atoms with Crippen LogP contribution in [-0.4, -0.2) is 48.2 Å². The van der Waals surface area contributed by atoms with Crippen molar-refractivity contribution in [3.8, 4) is 17.2 Å². The second-order valence-electron chi connectivity index (χ2n) is 8.42. The molecule has 8 nitrogen and oxygen atoms in total. The maximum atomic E-state index is 12.7. The van der Waals surface area contributed by atoms with Crippen LogP contribution in [0.1, 0.15) is 38.1 Å². The van der Waals surface area contributed by atoms with E-state index in [4.69, 9.17) is 15.2 Å². The third-order valence-corrected chi connectivity index (χ3v) is 5.92. The molecule has 0 saturated heterocycles. The highest BCUT2D eigenvalue weighted by Crippen LogP contribution is 2.45. The lowest BCUT2D eigenvalue weighted by Gasteiger charge is -2.30. The number of para-hydroxylation sites is 1. The molecule has 3 N–H and O–H groups in total. The molecule has 1 fully saturated rings. The molecule has 1 saturated carbocycles. The van der Waals surface area contributed by atoms with Crippen LogP contribution in [0.2, 0.25) is 0 Å². The van der Waals surface area contributed by atoms with Crippen molar-refractivity contribution in [1.29, 1.82) is 0 Å². The number of ether oxygens (including phenoxy) is 2. The molecular formula is C22H31N5O3. The van der Waals surface area contributed by atoms with Crippen LogP contribution in [0.15, 0.2) is 29.2 Å². The van der Waals surface area contributed by atoms with Crippen molar-refractivity contribution in [2.75, 3.05) is 39.1 Å². The lowest BCUT2D eigenvalue weighted by atomic mass is 9.86. The molecule has 2 aromatic rings. The first-order valence-electron chi connectivity index (χ1n) is 10.7. The van der Waals surface area contributed by atoms with Crippen molar-refractivity contribution in [2.24, 2.45) is 11.7 Å². The lowest BCUT2D eigenvalue weighted by Crippen LogP contribution is -2.31. The molecule has 0 spiro atoms. The predicted molar refractivity (Wildman–Crippen MR) is 117 cm³/mol. The van der Waals surface area contributed by atoms with E-state index in [-0.39, 0.29) is 11.7 Å². The van der Waals surface area contributed by atoms with Gasteiger partial charge in [-0.2, -0.15) is 4.98 Å². The van der Waals surface area contributed by atoms with Gasteiger partial charge in [0, 0.05) is 12.6 Å². The van der Waals surface area contributed by atoms with Crippen LogP contribution >= 0.6 is 0 Å². The largest absolute Gasteiger partial charge is 0.491 e. The van der Waals surface area contributed by atoms with E-state index in [9.17, 15) is 4.79 Å². The number of hydrogen-bond donors (Lipinski definition) is 2. The summed E-state index contributed by atoms with van der Waals surface area (Å²) in [7, 11) is 4.08. The van der Waals surface area contributed by atoms with E-state index < -0.39 is 0 Å². The number of fused-ring (bicyclic) bond motifs is 2. The first-order valence-corrected chi connectivity index (χ1v) is 10.7. The summed E-state index contributed by atoms with van der Waals surface area (Å²) in [6.07, 6.45) is 6.68. The number of benzene rings is 1. The zero-order valence-electron chi connectivity index (χ0n) is 17.8. The molecular weight excluding hydrogens is 382 g/mol. The minimum Gasteiger partial charge on any atom is -0.491 e. The standard InChI is InChI=1S/C22H31N5O3/c1-26(2)11-4-12-29-17-5-3-6-18-20(17)24-21-19(30-18)14-27(22(28)25-21)16-9-7-15(13-23)8-10-16/h3,5-6,14-16H,4,7-13,23H2,1-2H3,(H,24,25,28)/t15-,16-. The molecule has 1 aliphatic carbocycles. The molecule has 1 aliphatic heterocycles. The Bertz CT molecular complexity index is 935. The van der Waals surface area contributed by atoms with E-state index in [0.717, 1.165) is 38.6 Å². The van der Waals surface area contributed by atoms with Crippen molar-refractivity contribution in [1.82, 2.24) is 14.5 Å². The molecule has 2 heterocycles. The summed E-state index contributed by atoms with van der Waals surface area (Å²) < 4.78 is 13.8. The highest BCUT2D eigenvalue weighted by Gasteiger charge is 2.26. The number of hydrogen-bond acceptors (Lipinski definition) is 7. The molecule has 0 atom stereocenters. The Labute approximate surface area is 177 Å². The quantitative estimate of drug-likeness (QED) is 0.575. The van der Waals surface area contributed by atoms with Crippen LogP contribution in [0.25, 0.3) is 0 Å². The van der Waals surface area contributed by atoms with Crippen molar-refractivity contribution in [2.45, 2.75) is 38.1 Å². The number of rotatable bonds is 7. The number of nitrogens with two attached hydrogens (primary N) is 1. The molecule has 0 bridgehead atoms. The minimum absolute atomic E-state index is 0.148. The van der Waals surface area contributed by atoms with E-state index >= 15 is 0 Å². The Kier molecular flexibility index (Phi) is 6.24. The number of nitrogens with zero attached hydrogens (tertiary/aromatic N) is 3. The first-order chi connectivity index (χ1) is 14.5. The Morgan fingerprint density at radius 1 is 1.27 bits per heavy atom. The molecule has 4 rings (SSSR count). The summed E-state index contributed by atoms with van der Waals surface area (Å²) in [6.45, 7) is 2.27. The average Bonchev–Trinajstić information content (AvgIpc) is 2.75. The normalized spacial score (nSPS) is 20.1. The van der Waals surface area contributed by atoms with Gasteiger partial charge in [0.15, 0.2) is 17.3 Å². The van der Waals surface area contributed by atoms with Gasteiger partial charge in [-0.1, -0.05) is 6.07 Å². The third-order valence-electron chi connectivity index (χ3n) is 5.92. The Balaban J connectivity index is 1.51. The molecule has 0 amide bonds. The Morgan fingerprint density at radius 3 is 2.80 bits per heavy atom. The van der Waals surface area contributed by atoms with Crippen molar-refractivity contribution >= 4 is 11.5 Å². The molecule has 30 heavy (non-hydrogen) atoms. The highest BCUT2D eigenvalue weighted by molar-refractivity contribution is 5.77. The maximum absolute atomic E-state index is 12.7. The second-order valence-corrected chi connectivity index (χ2v) is 8.42. The zero-order valence-corrected chi connectivity index (χ0v) is 17.8. The summed E-state index contributed by atoms with van der Waals surface area (Å²) in [6, 6.07) is 5.84. The predicted octanol–water partition coefficient (Wildman–Crippen LogP) is 3.11. The monoisotopic (exact) mass is 413 g/mol. The van der Waals surface area contributed by atoms with Gasteiger partial charge in [-0.25, -0.2) is 4.79 Å². The molecule has 0 unspecified atom stereocenters. The van der Waals surface area contributed by atoms with Gasteiger partial charge in [0.05, 0.1) is 12.8 Å². The van der Waals surface area contributed by atoms with E-state index in [1.165, 1.54) is 0 Å². The van der Waals surface area contributed by atoms with E-state index in [0.29, 0.717) is 47.8 Å². The number of anilines is 2. The fraction of sp³-hybridized carbons (Fsp3) is 0.545. The summed E-state index contributed by atoms with van der Waals surface area (Å²) in [5.41, 5.74) is 6.25. The molecule has 0 radical (unpaired) electrons. The van der Waals surface area contributed by atoms with E-state index in [1.54, 1.807) is 10.8 Å². The summed E-state index contributed by atoms with van der Waals surface area (Å²) >= 11 is 0. The first kappa shape index (κ1) is 20.7. The van der Waals surface area contributed by atoms with Crippen molar-refractivity contribution in [3.63, 3.8) is 0 Å². The Hall–Kier alpha value is -2.58. The smallest absolute Gasteiger partial charge is 0.350 e. The van der Waals surface area contributed by atoms with E-state index in [2.05, 4.69) is 15.2 Å². The van der Waals surface area contributed by atoms with Crippen LogP contribution in [0, 0.1) is 5.92 Å². The average molecular weight is 414 g/mol. The summed E-state index contributed by atoms with van der Waals surface area (Å²) in [5.74, 6) is 2.93. The highest BCUT2D eigenvalue weighted by atomic mass is 16.5. The van der Waals surface area contributed by atoms with Gasteiger partial charge in [0.2, 0.25) is 0 Å². The van der Waals surface area contributed by atoms with E-state index in [1.807, 2.05) is 32.3 Å². The third kappa shape index (κ3) is 4.44. The van der Waals surface area contributed by atoms with Crippen LogP contribution in [0.5, 0.6) is 17.2 Å². The number of aromatic nitrogens is 2. The molecule has 8 heteroatoms. The topological polar surface area (TPSA) is 94.6 Å². The van der Waals surface area contributed by atoms with Crippen LogP contribution in [-0.2, 0) is 0 Å². The summed E-state index contributed by atoms with van der Waals surface area (Å²) in [5, 5.41) is 3.24. The number of nitrogens with one attached hydrogen (secondary N) is 1. The zero-order chi connectivity index (χ0) is 21.1. The van der Waals surface area contributed by atoms with Gasteiger partial charge in [-0.15, -0.1) is 0 Å². The van der Waals surface area contributed by atoms with Crippen LogP contribution < -0.4 is 26.2 Å². The Morgan fingerprint density at radius 2 is 2.07 bits per heavy atom. The SMILES string of the molecule is CN(C)CCCOc1cccc2c1Nc1nc(=O)n([C@H]3CC[C@H](CN)CC3)cc1O2. The van der Waals surface area contributed by atoms with Crippen LogP contribution in [0.3, 0.4) is 0 Å². The fourth-order valence-electron chi connectivity index (χ4n) is 4.18. The second kappa shape index (κ2) is 9.06. The van der Waals surface area contributed by atoms with Gasteiger partial charge in [0.25, 0.3) is 0 Å².